The van der Waals surface area contributed by atoms with Gasteiger partial charge in [0.15, 0.2) is 5.82 Å². The fourth-order valence-electron chi connectivity index (χ4n) is 4.21. The molecule has 0 saturated carbocycles. The van der Waals surface area contributed by atoms with Gasteiger partial charge in [-0.05, 0) is 48.9 Å². The summed E-state index contributed by atoms with van der Waals surface area (Å²) in [6.07, 6.45) is 7.31. The van der Waals surface area contributed by atoms with Gasteiger partial charge in [0.2, 0.25) is 0 Å². The van der Waals surface area contributed by atoms with Crippen molar-refractivity contribution in [3.63, 3.8) is 0 Å². The smallest absolute Gasteiger partial charge is 0.154 e. The molecule has 5 rings (SSSR count). The fourth-order valence-corrected chi connectivity index (χ4v) is 4.34. The number of aromatic nitrogens is 3. The first-order valence-electron chi connectivity index (χ1n) is 10.2. The average Bonchev–Trinajstić information content (AvgIpc) is 3.20. The second-order valence-corrected chi connectivity index (χ2v) is 8.17. The zero-order valence-corrected chi connectivity index (χ0v) is 17.0. The number of piperidine rings is 1. The van der Waals surface area contributed by atoms with E-state index >= 15 is 0 Å². The predicted octanol–water partition coefficient (Wildman–Crippen LogP) is 5.51. The van der Waals surface area contributed by atoms with Crippen molar-refractivity contribution in [3.05, 3.63) is 83.6 Å². The molecule has 0 aliphatic carbocycles. The minimum atomic E-state index is 0.734. The Morgan fingerprint density at radius 1 is 0.966 bits per heavy atom. The zero-order valence-electron chi connectivity index (χ0n) is 16.2. The molecule has 29 heavy (non-hydrogen) atoms. The third-order valence-electron chi connectivity index (χ3n) is 5.79. The molecule has 5 heteroatoms. The van der Waals surface area contributed by atoms with Gasteiger partial charge in [-0.2, -0.15) is 5.10 Å². The summed E-state index contributed by atoms with van der Waals surface area (Å²) in [5, 5.41) is 5.48. The lowest BCUT2D eigenvalue weighted by Gasteiger charge is -2.33. The van der Waals surface area contributed by atoms with E-state index in [2.05, 4.69) is 41.3 Å². The SMILES string of the molecule is Clc1ccc(-c2cc3c(N4CCC(Cc5ccccc5)CC4)nccn3n2)cc1. The van der Waals surface area contributed by atoms with E-state index in [1.807, 2.05) is 41.2 Å². The van der Waals surface area contributed by atoms with Gasteiger partial charge >= 0.3 is 0 Å². The Morgan fingerprint density at radius 3 is 2.48 bits per heavy atom. The molecule has 0 radical (unpaired) electrons. The maximum Gasteiger partial charge on any atom is 0.154 e. The summed E-state index contributed by atoms with van der Waals surface area (Å²) in [5.41, 5.74) is 4.49. The van der Waals surface area contributed by atoms with Gasteiger partial charge < -0.3 is 4.90 Å². The van der Waals surface area contributed by atoms with Crippen molar-refractivity contribution < 1.29 is 0 Å². The van der Waals surface area contributed by atoms with Crippen LogP contribution < -0.4 is 4.90 Å². The van der Waals surface area contributed by atoms with Gasteiger partial charge in [-0.1, -0.05) is 54.1 Å². The van der Waals surface area contributed by atoms with E-state index in [0.29, 0.717) is 0 Å². The Balaban J connectivity index is 1.35. The van der Waals surface area contributed by atoms with E-state index in [1.54, 1.807) is 0 Å². The third-order valence-corrected chi connectivity index (χ3v) is 6.04. The topological polar surface area (TPSA) is 33.4 Å². The molecule has 0 N–H and O–H groups in total. The van der Waals surface area contributed by atoms with Crippen LogP contribution in [0.5, 0.6) is 0 Å². The maximum absolute atomic E-state index is 6.03. The van der Waals surface area contributed by atoms with Crippen LogP contribution in [0.3, 0.4) is 0 Å². The summed E-state index contributed by atoms with van der Waals surface area (Å²) in [6, 6.07) is 20.8. The normalized spacial score (nSPS) is 15.1. The second kappa shape index (κ2) is 7.88. The van der Waals surface area contributed by atoms with E-state index in [9.17, 15) is 0 Å². The largest absolute Gasteiger partial charge is 0.355 e. The van der Waals surface area contributed by atoms with Crippen LogP contribution in [-0.2, 0) is 6.42 Å². The summed E-state index contributed by atoms with van der Waals surface area (Å²) in [6.45, 7) is 2.07. The fraction of sp³-hybridized carbons (Fsp3) is 0.250. The zero-order chi connectivity index (χ0) is 19.6. The van der Waals surface area contributed by atoms with Gasteiger partial charge in [0, 0.05) is 36.1 Å². The molecule has 146 valence electrons. The van der Waals surface area contributed by atoms with Crippen molar-refractivity contribution in [1.29, 1.82) is 0 Å². The number of hydrogen-bond donors (Lipinski definition) is 0. The van der Waals surface area contributed by atoms with E-state index in [-0.39, 0.29) is 0 Å². The predicted molar refractivity (Wildman–Crippen MR) is 119 cm³/mol. The van der Waals surface area contributed by atoms with Crippen molar-refractivity contribution >= 4 is 22.9 Å². The molecule has 0 bridgehead atoms. The van der Waals surface area contributed by atoms with Gasteiger partial charge in [-0.15, -0.1) is 0 Å². The van der Waals surface area contributed by atoms with E-state index in [4.69, 9.17) is 21.7 Å². The first-order chi connectivity index (χ1) is 14.3. The molecule has 4 nitrogen and oxygen atoms in total. The molecule has 0 unspecified atom stereocenters. The summed E-state index contributed by atoms with van der Waals surface area (Å²) >= 11 is 6.03. The lowest BCUT2D eigenvalue weighted by atomic mass is 9.90. The monoisotopic (exact) mass is 402 g/mol. The van der Waals surface area contributed by atoms with Gasteiger partial charge in [0.1, 0.15) is 5.52 Å². The Hall–Kier alpha value is -2.85. The van der Waals surface area contributed by atoms with Crippen LogP contribution in [0.15, 0.2) is 73.1 Å². The molecule has 1 fully saturated rings. The van der Waals surface area contributed by atoms with Gasteiger partial charge in [0.25, 0.3) is 0 Å². The van der Waals surface area contributed by atoms with E-state index < -0.39 is 0 Å². The number of fused-ring (bicyclic) bond motifs is 1. The highest BCUT2D eigenvalue weighted by atomic mass is 35.5. The first-order valence-corrected chi connectivity index (χ1v) is 10.5. The number of nitrogens with zero attached hydrogens (tertiary/aromatic N) is 4. The van der Waals surface area contributed by atoms with Gasteiger partial charge in [0.05, 0.1) is 5.69 Å². The summed E-state index contributed by atoms with van der Waals surface area (Å²) in [7, 11) is 0. The Labute approximate surface area is 175 Å². The van der Waals surface area contributed by atoms with E-state index in [0.717, 1.165) is 46.6 Å². The molecule has 1 aliphatic heterocycles. The van der Waals surface area contributed by atoms with E-state index in [1.165, 1.54) is 24.8 Å². The number of benzene rings is 2. The van der Waals surface area contributed by atoms with Crippen molar-refractivity contribution in [3.8, 4) is 11.3 Å². The average molecular weight is 403 g/mol. The highest BCUT2D eigenvalue weighted by Crippen LogP contribution is 2.29. The molecule has 2 aromatic heterocycles. The second-order valence-electron chi connectivity index (χ2n) is 7.74. The van der Waals surface area contributed by atoms with Crippen molar-refractivity contribution in [2.45, 2.75) is 19.3 Å². The first kappa shape index (κ1) is 18.2. The molecule has 4 aromatic rings. The lowest BCUT2D eigenvalue weighted by Crippen LogP contribution is -2.35. The highest BCUT2D eigenvalue weighted by Gasteiger charge is 2.22. The van der Waals surface area contributed by atoms with Crippen LogP contribution in [0.25, 0.3) is 16.8 Å². The molecule has 0 amide bonds. The minimum absolute atomic E-state index is 0.734. The summed E-state index contributed by atoms with van der Waals surface area (Å²) in [4.78, 5) is 7.11. The van der Waals surface area contributed by atoms with Crippen molar-refractivity contribution in [2.24, 2.45) is 5.92 Å². The van der Waals surface area contributed by atoms with Crippen molar-refractivity contribution in [2.75, 3.05) is 18.0 Å². The van der Waals surface area contributed by atoms with Gasteiger partial charge in [-0.25, -0.2) is 9.50 Å². The minimum Gasteiger partial charge on any atom is -0.355 e. The summed E-state index contributed by atoms with van der Waals surface area (Å²) < 4.78 is 1.93. The van der Waals surface area contributed by atoms with Crippen LogP contribution in [0, 0.1) is 5.92 Å². The Kier molecular flexibility index (Phi) is 4.94. The molecule has 1 aliphatic rings. The highest BCUT2D eigenvalue weighted by molar-refractivity contribution is 6.30. The third kappa shape index (κ3) is 3.85. The molecular weight excluding hydrogens is 380 g/mol. The molecular formula is C24H23ClN4. The van der Waals surface area contributed by atoms with Crippen LogP contribution in [-0.4, -0.2) is 27.7 Å². The number of hydrogen-bond acceptors (Lipinski definition) is 3. The number of anilines is 1. The molecule has 3 heterocycles. The van der Waals surface area contributed by atoms with Crippen LogP contribution in [0.4, 0.5) is 5.82 Å². The molecule has 0 spiro atoms. The summed E-state index contributed by atoms with van der Waals surface area (Å²) in [5.74, 6) is 1.77. The van der Waals surface area contributed by atoms with Gasteiger partial charge in [-0.3, -0.25) is 0 Å². The maximum atomic E-state index is 6.03. The number of rotatable bonds is 4. The van der Waals surface area contributed by atoms with Crippen LogP contribution in [0.2, 0.25) is 5.02 Å². The quantitative estimate of drug-likeness (QED) is 0.451. The molecule has 0 atom stereocenters. The van der Waals surface area contributed by atoms with Crippen molar-refractivity contribution in [1.82, 2.24) is 14.6 Å². The lowest BCUT2D eigenvalue weighted by molar-refractivity contribution is 0.402. The number of halogens is 1. The van der Waals surface area contributed by atoms with Crippen LogP contribution in [0.1, 0.15) is 18.4 Å². The Bertz CT molecular complexity index is 1100. The standard InChI is InChI=1S/C24H23ClN4/c25-21-8-6-20(7-9-21)22-17-23-24(26-12-15-29(23)27-22)28-13-10-19(11-14-28)16-18-4-2-1-3-5-18/h1-9,12,15,17,19H,10-11,13-14,16H2. The molecule has 1 saturated heterocycles. The van der Waals surface area contributed by atoms with Crippen LogP contribution >= 0.6 is 11.6 Å². The molecule has 2 aromatic carbocycles. The Morgan fingerprint density at radius 2 is 1.72 bits per heavy atom.